The summed E-state index contributed by atoms with van der Waals surface area (Å²) in [5.74, 6) is 0. The average molecular weight is 154 g/mol. The summed E-state index contributed by atoms with van der Waals surface area (Å²) in [6, 6.07) is 0. The van der Waals surface area contributed by atoms with E-state index in [1.54, 1.807) is 0 Å². The van der Waals surface area contributed by atoms with Gasteiger partial charge in [0.05, 0.1) is 0 Å². The SMILES string of the molecule is CCC.CCCC.CN.N.[HH].[HH]. The molecular weight excluding hydrogens is 124 g/mol. The second kappa shape index (κ2) is 65.6. The van der Waals surface area contributed by atoms with Gasteiger partial charge in [0.2, 0.25) is 0 Å². The fourth-order valence-electron chi connectivity index (χ4n) is 0. The lowest BCUT2D eigenvalue weighted by Crippen LogP contribution is -1.69. The van der Waals surface area contributed by atoms with Gasteiger partial charge >= 0.3 is 0 Å². The highest BCUT2D eigenvalue weighted by Gasteiger charge is 1.56. The van der Waals surface area contributed by atoms with E-state index in [1.807, 2.05) is 0 Å². The molecule has 0 aromatic carbocycles. The lowest BCUT2D eigenvalue weighted by molar-refractivity contribution is 0.886. The summed E-state index contributed by atoms with van der Waals surface area (Å²) >= 11 is 0. The maximum absolute atomic E-state index is 4.50. The summed E-state index contributed by atoms with van der Waals surface area (Å²) in [6.07, 6.45) is 3.89. The second-order valence-electron chi connectivity index (χ2n) is 1.71. The van der Waals surface area contributed by atoms with Crippen LogP contribution in [-0.2, 0) is 0 Å². The minimum atomic E-state index is 0. The highest BCUT2D eigenvalue weighted by Crippen LogP contribution is 1.76. The molecule has 0 fully saturated rings. The van der Waals surface area contributed by atoms with Gasteiger partial charge in [-0.2, -0.15) is 0 Å². The molecule has 72 valence electrons. The zero-order chi connectivity index (χ0) is 8.12. The van der Waals surface area contributed by atoms with Crippen molar-refractivity contribution in [1.29, 1.82) is 0 Å². The summed E-state index contributed by atoms with van der Waals surface area (Å²) in [5, 5.41) is 0. The normalized spacial score (nSPS) is 5.40. The molecule has 0 unspecified atom stereocenters. The maximum atomic E-state index is 4.50. The first kappa shape index (κ1) is 22.5. The standard InChI is InChI=1S/C4H10.C3H8.CH5N.H3N.2H2/c1-3-4-2;1-3-2;1-2;;;/h3-4H2,1-2H3;3H2,1-2H3;2H2,1H3;1H3;2*1H. The molecule has 2 nitrogen and oxygen atoms in total. The molecule has 0 aliphatic carbocycles. The molecule has 0 bridgehead atoms. The van der Waals surface area contributed by atoms with Crippen LogP contribution in [0.5, 0.6) is 0 Å². The van der Waals surface area contributed by atoms with E-state index in [1.165, 1.54) is 26.3 Å². The number of nitrogens with two attached hydrogens (primary N) is 1. The largest absolute Gasteiger partial charge is 0.344 e. The van der Waals surface area contributed by atoms with Crippen LogP contribution in [0.3, 0.4) is 0 Å². The molecule has 0 saturated heterocycles. The number of hydrogen-bond donors (Lipinski definition) is 2. The van der Waals surface area contributed by atoms with Crippen LogP contribution in [0.4, 0.5) is 0 Å². The number of rotatable bonds is 1. The van der Waals surface area contributed by atoms with E-state index in [0.29, 0.717) is 0 Å². The molecule has 0 amide bonds. The third-order valence-corrected chi connectivity index (χ3v) is 0.500. The second-order valence-corrected chi connectivity index (χ2v) is 1.71. The molecule has 0 aliphatic rings. The van der Waals surface area contributed by atoms with Crippen molar-refractivity contribution in [1.82, 2.24) is 6.15 Å². The fraction of sp³-hybridized carbons (Fsp3) is 1.00. The first-order valence-corrected chi connectivity index (χ1v) is 3.91. The molecule has 0 aromatic rings. The summed E-state index contributed by atoms with van der Waals surface area (Å²) in [5.41, 5.74) is 4.50. The van der Waals surface area contributed by atoms with Crippen LogP contribution in [-0.4, -0.2) is 7.05 Å². The molecule has 0 spiro atoms. The van der Waals surface area contributed by atoms with Crippen molar-refractivity contribution < 1.29 is 2.85 Å². The molecule has 0 aliphatic heterocycles. The number of unbranched alkanes of at least 4 members (excludes halogenated alkanes) is 1. The third-order valence-electron chi connectivity index (χ3n) is 0.500. The van der Waals surface area contributed by atoms with Gasteiger partial charge in [0.1, 0.15) is 0 Å². The summed E-state index contributed by atoms with van der Waals surface area (Å²) in [7, 11) is 1.50. The van der Waals surface area contributed by atoms with Crippen molar-refractivity contribution >= 4 is 0 Å². The first-order chi connectivity index (χ1) is 4.33. The summed E-state index contributed by atoms with van der Waals surface area (Å²) in [4.78, 5) is 0. The zero-order valence-corrected chi connectivity index (χ0v) is 8.41. The Balaban J connectivity index is -0.0000000105. The smallest absolute Gasteiger partial charge is 0 e. The van der Waals surface area contributed by atoms with E-state index in [0.717, 1.165) is 0 Å². The Morgan fingerprint density at radius 2 is 1.00 bits per heavy atom. The van der Waals surface area contributed by atoms with Gasteiger partial charge in [0.25, 0.3) is 0 Å². The minimum absolute atomic E-state index is 0. The Bertz CT molecular complexity index is 22.5. The van der Waals surface area contributed by atoms with Crippen molar-refractivity contribution in [2.24, 2.45) is 5.73 Å². The highest BCUT2D eigenvalue weighted by molar-refractivity contribution is 4.12. The molecule has 10 heavy (non-hydrogen) atoms. The van der Waals surface area contributed by atoms with Crippen LogP contribution in [0.1, 0.15) is 49.8 Å². The van der Waals surface area contributed by atoms with E-state index in [-0.39, 0.29) is 9.00 Å². The van der Waals surface area contributed by atoms with Crippen molar-refractivity contribution in [2.75, 3.05) is 7.05 Å². The van der Waals surface area contributed by atoms with Crippen LogP contribution in [0, 0.1) is 0 Å². The van der Waals surface area contributed by atoms with Crippen LogP contribution in [0.15, 0.2) is 0 Å². The van der Waals surface area contributed by atoms with Gasteiger partial charge in [-0.15, -0.1) is 0 Å². The molecule has 5 N–H and O–H groups in total. The average Bonchev–Trinajstić information content (AvgIpc) is 1.94. The zero-order valence-electron chi connectivity index (χ0n) is 8.41. The first-order valence-electron chi connectivity index (χ1n) is 3.91. The molecule has 0 radical (unpaired) electrons. The van der Waals surface area contributed by atoms with Crippen molar-refractivity contribution in [3.8, 4) is 0 Å². The Kier molecular flexibility index (Phi) is 148. The van der Waals surface area contributed by atoms with Crippen molar-refractivity contribution in [3.05, 3.63) is 0 Å². The van der Waals surface area contributed by atoms with E-state index < -0.39 is 0 Å². The van der Waals surface area contributed by atoms with E-state index in [9.17, 15) is 0 Å². The Hall–Kier alpha value is -0.0800. The molecule has 0 saturated carbocycles. The highest BCUT2D eigenvalue weighted by atomic mass is 14.4. The molecular formula is C8H30N2. The van der Waals surface area contributed by atoms with Crippen molar-refractivity contribution in [3.63, 3.8) is 0 Å². The Morgan fingerprint density at radius 1 is 0.900 bits per heavy atom. The lowest BCUT2D eigenvalue weighted by Gasteiger charge is -1.68. The van der Waals surface area contributed by atoms with Crippen LogP contribution < -0.4 is 11.9 Å². The van der Waals surface area contributed by atoms with Gasteiger partial charge < -0.3 is 11.9 Å². The van der Waals surface area contributed by atoms with E-state index >= 15 is 0 Å². The van der Waals surface area contributed by atoms with Gasteiger partial charge in [0, 0.05) is 2.85 Å². The van der Waals surface area contributed by atoms with Gasteiger partial charge in [-0.25, -0.2) is 0 Å². The molecule has 0 aromatic heterocycles. The molecule has 0 heterocycles. The third kappa shape index (κ3) is 448. The van der Waals surface area contributed by atoms with Gasteiger partial charge in [-0.1, -0.05) is 47.0 Å². The number of hydrogen-bond acceptors (Lipinski definition) is 2. The Morgan fingerprint density at radius 3 is 1.00 bits per heavy atom. The van der Waals surface area contributed by atoms with Gasteiger partial charge in [-0.3, -0.25) is 0 Å². The minimum Gasteiger partial charge on any atom is -0.344 e. The van der Waals surface area contributed by atoms with E-state index in [2.05, 4.69) is 33.4 Å². The summed E-state index contributed by atoms with van der Waals surface area (Å²) in [6.45, 7) is 8.61. The van der Waals surface area contributed by atoms with Crippen LogP contribution in [0.2, 0.25) is 0 Å². The topological polar surface area (TPSA) is 61.0 Å². The van der Waals surface area contributed by atoms with Gasteiger partial charge in [-0.05, 0) is 7.05 Å². The molecule has 0 rings (SSSR count). The van der Waals surface area contributed by atoms with Crippen LogP contribution in [0.25, 0.3) is 0 Å². The Labute approximate surface area is 69.8 Å². The van der Waals surface area contributed by atoms with E-state index in [4.69, 9.17) is 0 Å². The monoisotopic (exact) mass is 154 g/mol. The lowest BCUT2D eigenvalue weighted by atomic mass is 10.4. The maximum Gasteiger partial charge on any atom is 0 e. The van der Waals surface area contributed by atoms with Crippen LogP contribution >= 0.6 is 0 Å². The predicted molar refractivity (Wildman–Crippen MR) is 55.9 cm³/mol. The molecule has 2 heteroatoms. The fourth-order valence-corrected chi connectivity index (χ4v) is 0. The quantitative estimate of drug-likeness (QED) is 0.607. The summed E-state index contributed by atoms with van der Waals surface area (Å²) < 4.78 is 0. The molecule has 0 atom stereocenters. The van der Waals surface area contributed by atoms with Gasteiger partial charge in [0.15, 0.2) is 0 Å². The predicted octanol–water partition coefficient (Wildman–Crippen LogP) is 3.45. The van der Waals surface area contributed by atoms with Crippen molar-refractivity contribution in [2.45, 2.75) is 47.0 Å².